The Morgan fingerprint density at radius 2 is 2.13 bits per heavy atom. The van der Waals surface area contributed by atoms with Crippen LogP contribution in [-0.2, 0) is 0 Å². The molecule has 1 aromatic heterocycles. The molecule has 0 saturated heterocycles. The van der Waals surface area contributed by atoms with Crippen molar-refractivity contribution in [2.75, 3.05) is 0 Å². The number of carboxylic acid groups (broad SMARTS) is 1. The third kappa shape index (κ3) is 2.03. The van der Waals surface area contributed by atoms with Crippen LogP contribution < -0.4 is 0 Å². The molecule has 0 bridgehead atoms. The van der Waals surface area contributed by atoms with Gasteiger partial charge in [0.2, 0.25) is 0 Å². The van der Waals surface area contributed by atoms with Crippen LogP contribution >= 0.6 is 0 Å². The Kier molecular flexibility index (Phi) is 2.75. The summed E-state index contributed by atoms with van der Waals surface area (Å²) in [7, 11) is 0. The van der Waals surface area contributed by atoms with E-state index in [2.05, 4.69) is 12.1 Å². The summed E-state index contributed by atoms with van der Waals surface area (Å²) in [6.07, 6.45) is 5.57. The van der Waals surface area contributed by atoms with Gasteiger partial charge in [0.1, 0.15) is 17.5 Å². The van der Waals surface area contributed by atoms with Gasteiger partial charge in [-0.2, -0.15) is 0 Å². The average Bonchev–Trinajstić information content (AvgIpc) is 2.67. The number of carboxylic acids is 1. The fourth-order valence-electron chi connectivity index (χ4n) is 2.23. The molecule has 1 heterocycles. The first-order valence-corrected chi connectivity index (χ1v) is 5.36. The Hall–Kier alpha value is -1.32. The van der Waals surface area contributed by atoms with Crippen LogP contribution in [0.4, 0.5) is 0 Å². The second-order valence-corrected chi connectivity index (χ2v) is 4.38. The highest BCUT2D eigenvalue weighted by molar-refractivity contribution is 5.88. The van der Waals surface area contributed by atoms with Gasteiger partial charge in [0.05, 0.1) is 0 Å². The first-order chi connectivity index (χ1) is 7.18. The molecule has 4 nitrogen and oxygen atoms in total. The molecule has 0 atom stereocenters. The molecule has 1 aromatic rings. The summed E-state index contributed by atoms with van der Waals surface area (Å²) in [6.45, 7) is 2.23. The number of aromatic nitrogens is 1. The van der Waals surface area contributed by atoms with Crippen molar-refractivity contribution in [2.45, 2.75) is 38.5 Å². The minimum Gasteiger partial charge on any atom is -0.478 e. The number of aromatic carboxylic acids is 1. The zero-order valence-electron chi connectivity index (χ0n) is 8.77. The lowest BCUT2D eigenvalue weighted by Crippen LogP contribution is -2.13. The van der Waals surface area contributed by atoms with Crippen LogP contribution in [0.25, 0.3) is 0 Å². The van der Waals surface area contributed by atoms with E-state index in [-0.39, 0.29) is 11.5 Å². The van der Waals surface area contributed by atoms with E-state index in [1.54, 1.807) is 0 Å². The second kappa shape index (κ2) is 4.04. The fourth-order valence-corrected chi connectivity index (χ4v) is 2.23. The predicted octanol–water partition coefficient (Wildman–Crippen LogP) is 2.67. The second-order valence-electron chi connectivity index (χ2n) is 4.38. The zero-order chi connectivity index (χ0) is 10.8. The third-order valence-electron chi connectivity index (χ3n) is 3.23. The highest BCUT2D eigenvalue weighted by Gasteiger charge is 2.26. The van der Waals surface area contributed by atoms with Gasteiger partial charge in [-0.3, -0.25) is 0 Å². The summed E-state index contributed by atoms with van der Waals surface area (Å²) in [6, 6.07) is 0. The van der Waals surface area contributed by atoms with Gasteiger partial charge in [-0.05, 0) is 18.8 Å². The zero-order valence-corrected chi connectivity index (χ0v) is 8.77. The van der Waals surface area contributed by atoms with Crippen LogP contribution in [0.1, 0.15) is 54.6 Å². The molecule has 0 aliphatic heterocycles. The normalized spacial score (nSPS) is 26.5. The van der Waals surface area contributed by atoms with Crippen molar-refractivity contribution in [1.29, 1.82) is 0 Å². The van der Waals surface area contributed by atoms with E-state index < -0.39 is 5.97 Å². The Morgan fingerprint density at radius 3 is 2.73 bits per heavy atom. The molecule has 0 radical (unpaired) electrons. The van der Waals surface area contributed by atoms with Gasteiger partial charge in [0.25, 0.3) is 0 Å². The lowest BCUT2D eigenvalue weighted by Gasteiger charge is -2.24. The summed E-state index contributed by atoms with van der Waals surface area (Å²) < 4.78 is 4.76. The van der Waals surface area contributed by atoms with E-state index in [9.17, 15) is 4.79 Å². The predicted molar refractivity (Wildman–Crippen MR) is 53.8 cm³/mol. The molecule has 1 fully saturated rings. The van der Waals surface area contributed by atoms with E-state index in [1.807, 2.05) is 0 Å². The quantitative estimate of drug-likeness (QED) is 0.813. The van der Waals surface area contributed by atoms with Gasteiger partial charge in [-0.15, -0.1) is 0 Å². The van der Waals surface area contributed by atoms with Crippen LogP contribution in [0.2, 0.25) is 0 Å². The molecule has 0 spiro atoms. The molecular formula is C11H15NO3. The van der Waals surface area contributed by atoms with E-state index in [0.29, 0.717) is 5.69 Å². The van der Waals surface area contributed by atoms with E-state index >= 15 is 0 Å². The van der Waals surface area contributed by atoms with Gasteiger partial charge < -0.3 is 9.63 Å². The minimum absolute atomic E-state index is 0.231. The molecule has 4 heteroatoms. The standard InChI is InChI=1S/C11H15NO3/c1-7-2-4-8(5-3-7)10-9(11(13)14)6-15-12-10/h6-8H,2-5H2,1H3,(H,13,14). The van der Waals surface area contributed by atoms with Crippen molar-refractivity contribution < 1.29 is 14.4 Å². The SMILES string of the molecule is CC1CCC(c2nocc2C(=O)O)CC1. The Bertz CT molecular complexity index is 350. The first kappa shape index (κ1) is 10.2. The summed E-state index contributed by atoms with van der Waals surface area (Å²) in [5, 5.41) is 12.8. The lowest BCUT2D eigenvalue weighted by molar-refractivity contribution is 0.0694. The number of hydrogen-bond acceptors (Lipinski definition) is 3. The van der Waals surface area contributed by atoms with Gasteiger partial charge in [0.15, 0.2) is 0 Å². The Balaban J connectivity index is 2.15. The Labute approximate surface area is 88.3 Å². The van der Waals surface area contributed by atoms with E-state index in [0.717, 1.165) is 31.6 Å². The molecule has 2 rings (SSSR count). The topological polar surface area (TPSA) is 63.3 Å². The molecular weight excluding hydrogens is 194 g/mol. The summed E-state index contributed by atoms with van der Waals surface area (Å²) in [5.41, 5.74) is 0.865. The lowest BCUT2D eigenvalue weighted by atomic mass is 9.80. The Morgan fingerprint density at radius 1 is 1.47 bits per heavy atom. The maximum Gasteiger partial charge on any atom is 0.340 e. The van der Waals surface area contributed by atoms with Gasteiger partial charge >= 0.3 is 5.97 Å². The minimum atomic E-state index is -0.940. The number of carbonyl (C=O) groups is 1. The van der Waals surface area contributed by atoms with Crippen LogP contribution in [0.15, 0.2) is 10.8 Å². The molecule has 0 unspecified atom stereocenters. The van der Waals surface area contributed by atoms with Gasteiger partial charge in [-0.25, -0.2) is 4.79 Å². The number of nitrogens with zero attached hydrogens (tertiary/aromatic N) is 1. The van der Waals surface area contributed by atoms with Crippen molar-refractivity contribution in [3.05, 3.63) is 17.5 Å². The monoisotopic (exact) mass is 209 g/mol. The van der Waals surface area contributed by atoms with Gasteiger partial charge in [0, 0.05) is 5.92 Å². The van der Waals surface area contributed by atoms with Crippen LogP contribution in [0.3, 0.4) is 0 Å². The molecule has 1 aliphatic carbocycles. The number of hydrogen-bond donors (Lipinski definition) is 1. The van der Waals surface area contributed by atoms with E-state index in [1.165, 1.54) is 6.26 Å². The highest BCUT2D eigenvalue weighted by atomic mass is 16.5. The number of rotatable bonds is 2. The molecule has 15 heavy (non-hydrogen) atoms. The maximum absolute atomic E-state index is 10.9. The van der Waals surface area contributed by atoms with Crippen LogP contribution in [0.5, 0.6) is 0 Å². The van der Waals surface area contributed by atoms with Crippen molar-refractivity contribution in [2.24, 2.45) is 5.92 Å². The molecule has 1 saturated carbocycles. The van der Waals surface area contributed by atoms with Crippen molar-refractivity contribution in [3.8, 4) is 0 Å². The fraction of sp³-hybridized carbons (Fsp3) is 0.636. The largest absolute Gasteiger partial charge is 0.478 e. The first-order valence-electron chi connectivity index (χ1n) is 5.36. The van der Waals surface area contributed by atoms with Crippen molar-refractivity contribution >= 4 is 5.97 Å². The third-order valence-corrected chi connectivity index (χ3v) is 3.23. The molecule has 1 N–H and O–H groups in total. The van der Waals surface area contributed by atoms with Crippen molar-refractivity contribution in [1.82, 2.24) is 5.16 Å². The highest BCUT2D eigenvalue weighted by Crippen LogP contribution is 2.36. The summed E-state index contributed by atoms with van der Waals surface area (Å²) >= 11 is 0. The molecule has 1 aliphatic rings. The van der Waals surface area contributed by atoms with E-state index in [4.69, 9.17) is 9.63 Å². The van der Waals surface area contributed by atoms with Crippen molar-refractivity contribution in [3.63, 3.8) is 0 Å². The van der Waals surface area contributed by atoms with Gasteiger partial charge in [-0.1, -0.05) is 24.9 Å². The molecule has 82 valence electrons. The summed E-state index contributed by atoms with van der Waals surface area (Å²) in [5.74, 6) is 0.0809. The smallest absolute Gasteiger partial charge is 0.340 e. The maximum atomic E-state index is 10.9. The molecule has 0 amide bonds. The van der Waals surface area contributed by atoms with Crippen LogP contribution in [0, 0.1) is 5.92 Å². The average molecular weight is 209 g/mol. The molecule has 0 aromatic carbocycles. The van der Waals surface area contributed by atoms with Crippen LogP contribution in [-0.4, -0.2) is 16.2 Å². The summed E-state index contributed by atoms with van der Waals surface area (Å²) in [4.78, 5) is 10.9.